The molecule has 0 amide bonds. The van der Waals surface area contributed by atoms with E-state index in [0.29, 0.717) is 16.0 Å². The molecule has 0 aliphatic carbocycles. The molecule has 0 aromatic carbocycles. The molecule has 1 aromatic rings. The van der Waals surface area contributed by atoms with Crippen LogP contribution in [-0.4, -0.2) is 48.3 Å². The first-order valence-electron chi connectivity index (χ1n) is 8.32. The molecule has 0 radical (unpaired) electrons. The molecule has 1 aromatic heterocycles. The predicted octanol–water partition coefficient (Wildman–Crippen LogP) is 2.03. The fraction of sp³-hybridized carbons (Fsp3) is 0.562. The van der Waals surface area contributed by atoms with E-state index in [1.807, 2.05) is 0 Å². The van der Waals surface area contributed by atoms with Gasteiger partial charge in [-0.05, 0) is 31.7 Å². The van der Waals surface area contributed by atoms with Crippen molar-refractivity contribution in [3.8, 4) is 0 Å². The molecule has 26 heavy (non-hydrogen) atoms. The summed E-state index contributed by atoms with van der Waals surface area (Å²) in [6.45, 7) is 5.70. The number of carbonyl (C=O) groups is 3. The quantitative estimate of drug-likeness (QED) is 0.421. The lowest BCUT2D eigenvalue weighted by Gasteiger charge is -2.27. The van der Waals surface area contributed by atoms with Crippen molar-refractivity contribution in [2.24, 2.45) is 10.3 Å². The number of nitrogens with zero attached hydrogens (tertiary/aromatic N) is 3. The number of fused-ring (bicyclic) bond motifs is 3. The number of thiophene rings is 1. The molecule has 9 nitrogen and oxygen atoms in total. The number of ether oxygens (including phenoxy) is 3. The molecule has 1 unspecified atom stereocenters. The number of hydrogen-bond donors (Lipinski definition) is 0. The van der Waals surface area contributed by atoms with Crippen molar-refractivity contribution in [3.63, 3.8) is 0 Å². The fourth-order valence-corrected chi connectivity index (χ4v) is 4.14. The molecule has 3 rings (SSSR count). The molecule has 0 bridgehead atoms. The van der Waals surface area contributed by atoms with Crippen molar-refractivity contribution >= 4 is 29.2 Å². The molecular weight excluding hydrogens is 362 g/mol. The molecule has 3 heterocycles. The van der Waals surface area contributed by atoms with E-state index in [1.54, 1.807) is 26.2 Å². The molecule has 2 aliphatic heterocycles. The minimum absolute atomic E-state index is 0.0901. The van der Waals surface area contributed by atoms with Crippen LogP contribution in [0.25, 0.3) is 0 Å². The Labute approximate surface area is 153 Å². The molecule has 140 valence electrons. The van der Waals surface area contributed by atoms with Crippen LogP contribution in [-0.2, 0) is 30.3 Å². The number of hydrogen-bond acceptors (Lipinski definition) is 10. The molecular formula is C16H19N3O6S. The van der Waals surface area contributed by atoms with E-state index >= 15 is 0 Å². The predicted molar refractivity (Wildman–Crippen MR) is 89.4 cm³/mol. The van der Waals surface area contributed by atoms with Gasteiger partial charge in [-0.1, -0.05) is 5.22 Å². The van der Waals surface area contributed by atoms with Gasteiger partial charge in [-0.3, -0.25) is 5.01 Å². The molecule has 0 N–H and O–H groups in total. The Morgan fingerprint density at radius 2 is 1.77 bits per heavy atom. The number of carbonyl (C=O) groups excluding carboxylic acids is 3. The van der Waals surface area contributed by atoms with E-state index in [1.165, 1.54) is 16.3 Å². The summed E-state index contributed by atoms with van der Waals surface area (Å²) in [7, 11) is 0. The second kappa shape index (κ2) is 7.02. The van der Waals surface area contributed by atoms with Crippen LogP contribution in [0.3, 0.4) is 0 Å². The van der Waals surface area contributed by atoms with Gasteiger partial charge in [0.1, 0.15) is 10.9 Å². The molecule has 0 fully saturated rings. The highest BCUT2D eigenvalue weighted by Gasteiger charge is 2.65. The van der Waals surface area contributed by atoms with E-state index in [4.69, 9.17) is 14.2 Å². The summed E-state index contributed by atoms with van der Waals surface area (Å²) < 4.78 is 15.3. The summed E-state index contributed by atoms with van der Waals surface area (Å²) >= 11 is 1.21. The standard InChI is InChI=1S/C16H19N3O6S/c1-4-23-13(20)11-9-7-19-12(10(9)8-26-11)16(17-18-19,14(21)24-5-2)15(22)25-6-3/h8,12H,4-7H2,1-3H3. The van der Waals surface area contributed by atoms with E-state index in [-0.39, 0.29) is 26.4 Å². The zero-order chi connectivity index (χ0) is 18.9. The minimum atomic E-state index is -1.93. The average Bonchev–Trinajstić information content (AvgIpc) is 3.25. The average molecular weight is 381 g/mol. The van der Waals surface area contributed by atoms with E-state index in [0.717, 1.165) is 0 Å². The summed E-state index contributed by atoms with van der Waals surface area (Å²) in [5, 5.41) is 11.2. The van der Waals surface area contributed by atoms with Crippen molar-refractivity contribution < 1.29 is 28.6 Å². The lowest BCUT2D eigenvalue weighted by molar-refractivity contribution is -0.166. The lowest BCUT2D eigenvalue weighted by Crippen LogP contribution is -2.51. The van der Waals surface area contributed by atoms with Gasteiger partial charge in [-0.25, -0.2) is 14.4 Å². The van der Waals surface area contributed by atoms with E-state index < -0.39 is 29.5 Å². The summed E-state index contributed by atoms with van der Waals surface area (Å²) in [5.41, 5.74) is -0.594. The van der Waals surface area contributed by atoms with Crippen LogP contribution in [0.15, 0.2) is 15.7 Å². The largest absolute Gasteiger partial charge is 0.464 e. The second-order valence-corrected chi connectivity index (χ2v) is 6.50. The van der Waals surface area contributed by atoms with Crippen LogP contribution in [0.5, 0.6) is 0 Å². The van der Waals surface area contributed by atoms with Crippen LogP contribution in [0.1, 0.15) is 47.6 Å². The Morgan fingerprint density at radius 3 is 2.35 bits per heavy atom. The Balaban J connectivity index is 2.04. The monoisotopic (exact) mass is 381 g/mol. The van der Waals surface area contributed by atoms with Crippen LogP contribution in [0.4, 0.5) is 0 Å². The maximum absolute atomic E-state index is 12.7. The van der Waals surface area contributed by atoms with Gasteiger partial charge in [0.25, 0.3) is 0 Å². The highest BCUT2D eigenvalue weighted by Crippen LogP contribution is 2.51. The first-order valence-corrected chi connectivity index (χ1v) is 9.20. The Kier molecular flexibility index (Phi) is 4.94. The maximum atomic E-state index is 12.7. The SMILES string of the molecule is CCOC(=O)c1scc2c1CN1N=NC(C(=O)OCC)(C(=O)OCC)C21. The van der Waals surface area contributed by atoms with Gasteiger partial charge < -0.3 is 14.2 Å². The van der Waals surface area contributed by atoms with Crippen molar-refractivity contribution in [3.05, 3.63) is 21.4 Å². The first kappa shape index (κ1) is 18.3. The van der Waals surface area contributed by atoms with E-state index in [9.17, 15) is 14.4 Å². The zero-order valence-corrected chi connectivity index (χ0v) is 15.5. The highest BCUT2D eigenvalue weighted by molar-refractivity contribution is 7.12. The second-order valence-electron chi connectivity index (χ2n) is 5.62. The van der Waals surface area contributed by atoms with Crippen LogP contribution in [0.2, 0.25) is 0 Å². The van der Waals surface area contributed by atoms with Gasteiger partial charge in [0.2, 0.25) is 0 Å². The maximum Gasteiger partial charge on any atom is 0.350 e. The summed E-state index contributed by atoms with van der Waals surface area (Å²) in [5.74, 6) is -2.06. The third-order valence-corrected chi connectivity index (χ3v) is 5.21. The molecule has 0 saturated heterocycles. The smallest absolute Gasteiger partial charge is 0.350 e. The lowest BCUT2D eigenvalue weighted by atomic mass is 9.87. The number of rotatable bonds is 6. The van der Waals surface area contributed by atoms with Gasteiger partial charge in [-0.2, -0.15) is 0 Å². The Morgan fingerprint density at radius 1 is 1.15 bits per heavy atom. The first-order chi connectivity index (χ1) is 12.5. The van der Waals surface area contributed by atoms with Gasteiger partial charge in [0.05, 0.1) is 26.4 Å². The van der Waals surface area contributed by atoms with Crippen LogP contribution in [0, 0.1) is 0 Å². The number of esters is 3. The van der Waals surface area contributed by atoms with Gasteiger partial charge in [-0.15, -0.1) is 16.5 Å². The fourth-order valence-electron chi connectivity index (χ4n) is 3.15. The molecule has 10 heteroatoms. The zero-order valence-electron chi connectivity index (χ0n) is 14.7. The van der Waals surface area contributed by atoms with E-state index in [2.05, 4.69) is 10.3 Å². The van der Waals surface area contributed by atoms with Gasteiger partial charge in [0, 0.05) is 5.56 Å². The van der Waals surface area contributed by atoms with Crippen molar-refractivity contribution in [2.45, 2.75) is 38.9 Å². The summed E-state index contributed by atoms with van der Waals surface area (Å²) in [6, 6.07) is -0.796. The van der Waals surface area contributed by atoms with Crippen LogP contribution >= 0.6 is 11.3 Å². The molecule has 2 aliphatic rings. The third-order valence-electron chi connectivity index (χ3n) is 4.19. The Bertz CT molecular complexity index is 756. The summed E-state index contributed by atoms with van der Waals surface area (Å²) in [4.78, 5) is 38.0. The molecule has 0 saturated carbocycles. The minimum Gasteiger partial charge on any atom is -0.464 e. The molecule has 1 atom stereocenters. The normalized spacial score (nSPS) is 19.0. The molecule has 0 spiro atoms. The van der Waals surface area contributed by atoms with Crippen molar-refractivity contribution in [1.29, 1.82) is 0 Å². The topological polar surface area (TPSA) is 107 Å². The van der Waals surface area contributed by atoms with Crippen molar-refractivity contribution in [1.82, 2.24) is 5.01 Å². The Hall–Kier alpha value is -2.49. The van der Waals surface area contributed by atoms with Crippen molar-refractivity contribution in [2.75, 3.05) is 19.8 Å². The van der Waals surface area contributed by atoms with Gasteiger partial charge in [0.15, 0.2) is 0 Å². The highest BCUT2D eigenvalue weighted by atomic mass is 32.1. The summed E-state index contributed by atoms with van der Waals surface area (Å²) in [6.07, 6.45) is 0. The van der Waals surface area contributed by atoms with Crippen LogP contribution < -0.4 is 0 Å². The third kappa shape index (κ3) is 2.56. The van der Waals surface area contributed by atoms with Gasteiger partial charge >= 0.3 is 23.4 Å².